The second-order valence-corrected chi connectivity index (χ2v) is 6.90. The molecule has 1 atom stereocenters. The van der Waals surface area contributed by atoms with Gasteiger partial charge in [-0.25, -0.2) is 9.67 Å². The third kappa shape index (κ3) is 5.56. The summed E-state index contributed by atoms with van der Waals surface area (Å²) in [7, 11) is 3.51. The predicted octanol–water partition coefficient (Wildman–Crippen LogP) is 1.99. The van der Waals surface area contributed by atoms with E-state index in [0.717, 1.165) is 17.2 Å². The lowest BCUT2D eigenvalue weighted by Gasteiger charge is -2.30. The largest absolute Gasteiger partial charge is 0.379 e. The van der Waals surface area contributed by atoms with Crippen LogP contribution in [0.15, 0.2) is 41.9 Å². The number of nitrogens with zero attached hydrogens (tertiary/aromatic N) is 4. The van der Waals surface area contributed by atoms with Crippen molar-refractivity contribution in [3.8, 4) is 5.69 Å². The second-order valence-electron chi connectivity index (χ2n) is 6.90. The first-order valence-corrected chi connectivity index (χ1v) is 8.35. The van der Waals surface area contributed by atoms with Crippen LogP contribution in [0.5, 0.6) is 0 Å². The van der Waals surface area contributed by atoms with Gasteiger partial charge in [-0.15, -0.1) is 0 Å². The van der Waals surface area contributed by atoms with Crippen molar-refractivity contribution >= 4 is 5.96 Å². The Kier molecular flexibility index (Phi) is 6.52. The third-order valence-corrected chi connectivity index (χ3v) is 4.01. The zero-order chi connectivity index (χ0) is 18.3. The molecule has 0 aliphatic rings. The fourth-order valence-corrected chi connectivity index (χ4v) is 2.45. The lowest BCUT2D eigenvalue weighted by molar-refractivity contribution is 0.0205. The number of aliphatic imine (C=N–C) groups is 1. The monoisotopic (exact) mass is 344 g/mol. The first-order chi connectivity index (χ1) is 11.9. The SMILES string of the molecule is CN=C(NCc1ccc(-n2cncn2)cc1)NCC(OC)C(C)(C)C. The van der Waals surface area contributed by atoms with Gasteiger partial charge < -0.3 is 15.4 Å². The van der Waals surface area contributed by atoms with Gasteiger partial charge in [0.05, 0.1) is 11.8 Å². The van der Waals surface area contributed by atoms with Crippen LogP contribution >= 0.6 is 0 Å². The summed E-state index contributed by atoms with van der Waals surface area (Å²) in [5.41, 5.74) is 2.21. The molecule has 25 heavy (non-hydrogen) atoms. The number of hydrogen-bond donors (Lipinski definition) is 2. The lowest BCUT2D eigenvalue weighted by Crippen LogP contribution is -2.45. The number of benzene rings is 1. The maximum atomic E-state index is 5.56. The maximum Gasteiger partial charge on any atom is 0.191 e. The standard InChI is InChI=1S/C18H28N6O/c1-18(2,3)16(25-5)11-22-17(19-4)21-10-14-6-8-15(9-7-14)24-13-20-12-23-24/h6-9,12-13,16H,10-11H2,1-5H3,(H2,19,21,22). The van der Waals surface area contributed by atoms with Gasteiger partial charge in [-0.05, 0) is 23.1 Å². The highest BCUT2D eigenvalue weighted by Gasteiger charge is 2.24. The van der Waals surface area contributed by atoms with E-state index in [2.05, 4.69) is 58.6 Å². The van der Waals surface area contributed by atoms with E-state index < -0.39 is 0 Å². The molecule has 1 aromatic heterocycles. The molecular weight excluding hydrogens is 316 g/mol. The smallest absolute Gasteiger partial charge is 0.191 e. The third-order valence-electron chi connectivity index (χ3n) is 4.01. The van der Waals surface area contributed by atoms with Crippen LogP contribution in [0, 0.1) is 5.41 Å². The minimum atomic E-state index is 0.0673. The van der Waals surface area contributed by atoms with Gasteiger partial charge in [0.2, 0.25) is 0 Å². The molecule has 2 aromatic rings. The molecular formula is C18H28N6O. The number of aromatic nitrogens is 3. The van der Waals surface area contributed by atoms with Crippen molar-refractivity contribution in [2.45, 2.75) is 33.4 Å². The Balaban J connectivity index is 1.86. The van der Waals surface area contributed by atoms with Crippen molar-refractivity contribution in [1.82, 2.24) is 25.4 Å². The van der Waals surface area contributed by atoms with Gasteiger partial charge in [0.25, 0.3) is 0 Å². The van der Waals surface area contributed by atoms with Crippen LogP contribution < -0.4 is 10.6 Å². The van der Waals surface area contributed by atoms with Gasteiger partial charge in [-0.3, -0.25) is 4.99 Å². The predicted molar refractivity (Wildman–Crippen MR) is 99.8 cm³/mol. The van der Waals surface area contributed by atoms with Crippen LogP contribution in [0.25, 0.3) is 5.69 Å². The molecule has 7 nitrogen and oxygen atoms in total. The first kappa shape index (κ1) is 18.9. The second kappa shape index (κ2) is 8.62. The van der Waals surface area contributed by atoms with Gasteiger partial charge in [-0.2, -0.15) is 5.10 Å². The molecule has 0 radical (unpaired) electrons. The first-order valence-electron chi connectivity index (χ1n) is 8.35. The number of ether oxygens (including phenoxy) is 1. The zero-order valence-electron chi connectivity index (χ0n) is 15.7. The van der Waals surface area contributed by atoms with E-state index in [1.165, 1.54) is 6.33 Å². The molecule has 0 amide bonds. The van der Waals surface area contributed by atoms with Crippen molar-refractivity contribution in [1.29, 1.82) is 0 Å². The molecule has 0 spiro atoms. The Morgan fingerprint density at radius 3 is 2.48 bits per heavy atom. The fourth-order valence-electron chi connectivity index (χ4n) is 2.45. The highest BCUT2D eigenvalue weighted by Crippen LogP contribution is 2.20. The minimum Gasteiger partial charge on any atom is -0.379 e. The van der Waals surface area contributed by atoms with Gasteiger partial charge in [0.15, 0.2) is 5.96 Å². The van der Waals surface area contributed by atoms with Gasteiger partial charge >= 0.3 is 0 Å². The molecule has 0 bridgehead atoms. The molecule has 0 fully saturated rings. The van der Waals surface area contributed by atoms with E-state index >= 15 is 0 Å². The van der Waals surface area contributed by atoms with Crippen LogP contribution in [0.4, 0.5) is 0 Å². The summed E-state index contributed by atoms with van der Waals surface area (Å²) in [5, 5.41) is 10.8. The maximum absolute atomic E-state index is 5.56. The fraction of sp³-hybridized carbons (Fsp3) is 0.500. The van der Waals surface area contributed by atoms with E-state index in [1.807, 2.05) is 12.1 Å². The quantitative estimate of drug-likeness (QED) is 0.619. The molecule has 1 aromatic carbocycles. The number of methoxy groups -OCH3 is 1. The summed E-state index contributed by atoms with van der Waals surface area (Å²) < 4.78 is 7.29. The van der Waals surface area contributed by atoms with E-state index in [4.69, 9.17) is 4.74 Å². The van der Waals surface area contributed by atoms with Crippen LogP contribution in [0.3, 0.4) is 0 Å². The zero-order valence-corrected chi connectivity index (χ0v) is 15.7. The van der Waals surface area contributed by atoms with Crippen LogP contribution in [-0.2, 0) is 11.3 Å². The molecule has 0 aliphatic carbocycles. The molecule has 136 valence electrons. The Hall–Kier alpha value is -2.41. The lowest BCUT2D eigenvalue weighted by atomic mass is 9.89. The van der Waals surface area contributed by atoms with E-state index in [-0.39, 0.29) is 11.5 Å². The van der Waals surface area contributed by atoms with Crippen molar-refractivity contribution < 1.29 is 4.74 Å². The summed E-state index contributed by atoms with van der Waals surface area (Å²) >= 11 is 0. The molecule has 0 saturated heterocycles. The average Bonchev–Trinajstić information content (AvgIpc) is 3.12. The van der Waals surface area contributed by atoms with Crippen molar-refractivity contribution in [2.24, 2.45) is 10.4 Å². The molecule has 2 N–H and O–H groups in total. The molecule has 7 heteroatoms. The van der Waals surface area contributed by atoms with Crippen molar-refractivity contribution in [3.05, 3.63) is 42.5 Å². The molecule has 1 unspecified atom stereocenters. The van der Waals surface area contributed by atoms with Gasteiger partial charge in [0.1, 0.15) is 12.7 Å². The molecule has 0 aliphatic heterocycles. The summed E-state index contributed by atoms with van der Waals surface area (Å²) in [5.74, 6) is 0.756. The number of hydrogen-bond acceptors (Lipinski definition) is 4. The van der Waals surface area contributed by atoms with E-state index in [9.17, 15) is 0 Å². The highest BCUT2D eigenvalue weighted by molar-refractivity contribution is 5.79. The van der Waals surface area contributed by atoms with Gasteiger partial charge in [0, 0.05) is 27.2 Å². The van der Waals surface area contributed by atoms with Gasteiger partial charge in [-0.1, -0.05) is 32.9 Å². The minimum absolute atomic E-state index is 0.0673. The summed E-state index contributed by atoms with van der Waals surface area (Å²) in [6.45, 7) is 7.87. The Morgan fingerprint density at radius 1 is 1.24 bits per heavy atom. The van der Waals surface area contributed by atoms with Crippen molar-refractivity contribution in [2.75, 3.05) is 20.7 Å². The van der Waals surface area contributed by atoms with E-state index in [0.29, 0.717) is 13.1 Å². The van der Waals surface area contributed by atoms with E-state index in [1.54, 1.807) is 25.2 Å². The normalized spacial score (nSPS) is 13.6. The summed E-state index contributed by atoms with van der Waals surface area (Å²) in [6, 6.07) is 8.15. The summed E-state index contributed by atoms with van der Waals surface area (Å²) in [4.78, 5) is 8.22. The van der Waals surface area contributed by atoms with Crippen LogP contribution in [0.1, 0.15) is 26.3 Å². The Morgan fingerprint density at radius 2 is 1.96 bits per heavy atom. The molecule has 2 rings (SSSR count). The Labute approximate surface area is 149 Å². The van der Waals surface area contributed by atoms with Crippen LogP contribution in [0.2, 0.25) is 0 Å². The number of nitrogens with one attached hydrogen (secondary N) is 2. The topological polar surface area (TPSA) is 76.4 Å². The summed E-state index contributed by atoms with van der Waals surface area (Å²) in [6.07, 6.45) is 3.31. The van der Waals surface area contributed by atoms with Crippen LogP contribution in [-0.4, -0.2) is 47.5 Å². The number of guanidine groups is 1. The molecule has 1 heterocycles. The Bertz CT molecular complexity index is 658. The van der Waals surface area contributed by atoms with Crippen molar-refractivity contribution in [3.63, 3.8) is 0 Å². The average molecular weight is 344 g/mol. The molecule has 0 saturated carbocycles. The highest BCUT2D eigenvalue weighted by atomic mass is 16.5. The number of rotatable bonds is 6.